The van der Waals surface area contributed by atoms with Crippen LogP contribution in [0.2, 0.25) is 0 Å². The topological polar surface area (TPSA) is 22.8 Å². The summed E-state index contributed by atoms with van der Waals surface area (Å²) in [7, 11) is 0. The minimum atomic E-state index is 0.257. The predicted molar refractivity (Wildman–Crippen MR) is 141 cm³/mol. The SMILES string of the molecule is C1=CCC(n2c3ccccc3c3c4cccnc4n(-c4cccc(-c5ccccc5)c4)c32)C=C1. The normalized spacial score (nSPS) is 15.6. The highest BCUT2D eigenvalue weighted by atomic mass is 15.2. The molecule has 3 aromatic heterocycles. The van der Waals surface area contributed by atoms with Crippen molar-refractivity contribution in [1.82, 2.24) is 14.1 Å². The van der Waals surface area contributed by atoms with Crippen LogP contribution in [-0.4, -0.2) is 14.1 Å². The van der Waals surface area contributed by atoms with Gasteiger partial charge in [0, 0.05) is 28.0 Å². The van der Waals surface area contributed by atoms with E-state index in [0.29, 0.717) is 0 Å². The lowest BCUT2D eigenvalue weighted by Crippen LogP contribution is -2.10. The van der Waals surface area contributed by atoms with Crippen LogP contribution in [0.15, 0.2) is 121 Å². The first kappa shape index (κ1) is 19.1. The summed E-state index contributed by atoms with van der Waals surface area (Å²) < 4.78 is 4.85. The zero-order valence-corrected chi connectivity index (χ0v) is 18.7. The molecule has 0 saturated heterocycles. The number of allylic oxidation sites excluding steroid dienone is 4. The molecule has 0 N–H and O–H groups in total. The Balaban J connectivity index is 1.61. The van der Waals surface area contributed by atoms with Gasteiger partial charge in [0.25, 0.3) is 0 Å². The summed E-state index contributed by atoms with van der Waals surface area (Å²) in [6.07, 6.45) is 11.7. The first-order valence-electron chi connectivity index (χ1n) is 11.8. The highest BCUT2D eigenvalue weighted by molar-refractivity contribution is 6.21. The Kier molecular flexibility index (Phi) is 4.28. The summed E-state index contributed by atoms with van der Waals surface area (Å²) >= 11 is 0. The number of rotatable bonds is 3. The van der Waals surface area contributed by atoms with Crippen molar-refractivity contribution in [2.24, 2.45) is 0 Å². The van der Waals surface area contributed by atoms with Crippen LogP contribution in [0.25, 0.3) is 49.8 Å². The third kappa shape index (κ3) is 2.80. The van der Waals surface area contributed by atoms with E-state index in [4.69, 9.17) is 4.98 Å². The van der Waals surface area contributed by atoms with E-state index in [9.17, 15) is 0 Å². The summed E-state index contributed by atoms with van der Waals surface area (Å²) in [5.41, 5.74) is 6.99. The molecule has 0 radical (unpaired) electrons. The lowest BCUT2D eigenvalue weighted by Gasteiger charge is -2.20. The highest BCUT2D eigenvalue weighted by Crippen LogP contribution is 2.41. The van der Waals surface area contributed by atoms with E-state index < -0.39 is 0 Å². The molecule has 1 aliphatic rings. The Labute approximate surface area is 197 Å². The second-order valence-electron chi connectivity index (χ2n) is 8.83. The van der Waals surface area contributed by atoms with E-state index in [1.807, 2.05) is 12.3 Å². The van der Waals surface area contributed by atoms with Crippen LogP contribution < -0.4 is 0 Å². The summed E-state index contributed by atoms with van der Waals surface area (Å²) in [6, 6.07) is 32.6. The van der Waals surface area contributed by atoms with Gasteiger partial charge in [0.05, 0.1) is 11.6 Å². The first-order valence-corrected chi connectivity index (χ1v) is 11.8. The standard InChI is InChI=1S/C31H23N3/c1-3-11-22(12-4-1)23-13-9-16-25(21-23)34-30-27(18-10-20-32-30)29-26-17-7-8-19-28(26)33(31(29)34)24-14-5-2-6-15-24/h1-14,16-21,24H,15H2. The molecule has 3 heterocycles. The van der Waals surface area contributed by atoms with Gasteiger partial charge < -0.3 is 4.57 Å². The summed E-state index contributed by atoms with van der Waals surface area (Å²) in [4.78, 5) is 4.88. The maximum Gasteiger partial charge on any atom is 0.146 e. The molecule has 0 fully saturated rings. The smallest absolute Gasteiger partial charge is 0.146 e. The average molecular weight is 438 g/mol. The third-order valence-corrected chi connectivity index (χ3v) is 6.87. The van der Waals surface area contributed by atoms with E-state index in [0.717, 1.165) is 17.8 Å². The number of benzene rings is 3. The number of hydrogen-bond acceptors (Lipinski definition) is 1. The van der Waals surface area contributed by atoms with Crippen LogP contribution in [0.3, 0.4) is 0 Å². The van der Waals surface area contributed by atoms with Crippen molar-refractivity contribution in [3.8, 4) is 16.8 Å². The van der Waals surface area contributed by atoms with Crippen LogP contribution in [0.4, 0.5) is 0 Å². The molecule has 1 aliphatic carbocycles. The molecule has 1 atom stereocenters. The lowest BCUT2D eigenvalue weighted by atomic mass is 10.1. The molecule has 0 saturated carbocycles. The molecule has 34 heavy (non-hydrogen) atoms. The van der Waals surface area contributed by atoms with Crippen molar-refractivity contribution in [3.05, 3.63) is 121 Å². The monoisotopic (exact) mass is 437 g/mol. The fraction of sp³-hybridized carbons (Fsp3) is 0.0645. The van der Waals surface area contributed by atoms with Crippen molar-refractivity contribution in [1.29, 1.82) is 0 Å². The van der Waals surface area contributed by atoms with Gasteiger partial charge in [-0.05, 0) is 47.9 Å². The number of nitrogens with zero attached hydrogens (tertiary/aromatic N) is 3. The molecular weight excluding hydrogens is 414 g/mol. The van der Waals surface area contributed by atoms with Gasteiger partial charge in [-0.2, -0.15) is 0 Å². The van der Waals surface area contributed by atoms with E-state index in [1.165, 1.54) is 38.4 Å². The van der Waals surface area contributed by atoms with Gasteiger partial charge >= 0.3 is 0 Å². The Morgan fingerprint density at radius 3 is 2.44 bits per heavy atom. The molecule has 3 nitrogen and oxygen atoms in total. The van der Waals surface area contributed by atoms with Crippen LogP contribution in [0.1, 0.15) is 12.5 Å². The number of para-hydroxylation sites is 1. The molecule has 3 heteroatoms. The first-order chi connectivity index (χ1) is 16.9. The second-order valence-corrected chi connectivity index (χ2v) is 8.83. The largest absolute Gasteiger partial charge is 0.319 e. The van der Waals surface area contributed by atoms with E-state index >= 15 is 0 Å². The van der Waals surface area contributed by atoms with Gasteiger partial charge in [-0.15, -0.1) is 0 Å². The predicted octanol–water partition coefficient (Wildman–Crippen LogP) is 7.86. The van der Waals surface area contributed by atoms with Gasteiger partial charge in [-0.25, -0.2) is 4.98 Å². The van der Waals surface area contributed by atoms with Gasteiger partial charge in [-0.1, -0.05) is 85.0 Å². The van der Waals surface area contributed by atoms with Crippen LogP contribution >= 0.6 is 0 Å². The Morgan fingerprint density at radius 2 is 1.56 bits per heavy atom. The molecule has 6 aromatic rings. The molecule has 0 bridgehead atoms. The van der Waals surface area contributed by atoms with Crippen LogP contribution in [0.5, 0.6) is 0 Å². The molecule has 0 amide bonds. The minimum Gasteiger partial charge on any atom is -0.319 e. The summed E-state index contributed by atoms with van der Waals surface area (Å²) in [5, 5.41) is 3.73. The lowest BCUT2D eigenvalue weighted by molar-refractivity contribution is 0.640. The maximum atomic E-state index is 4.88. The Morgan fingerprint density at radius 1 is 0.735 bits per heavy atom. The van der Waals surface area contributed by atoms with E-state index in [2.05, 4.69) is 118 Å². The zero-order chi connectivity index (χ0) is 22.5. The van der Waals surface area contributed by atoms with Crippen molar-refractivity contribution >= 4 is 33.0 Å². The molecule has 162 valence electrons. The molecule has 3 aromatic carbocycles. The molecule has 0 spiro atoms. The fourth-order valence-electron chi connectivity index (χ4n) is 5.40. The number of pyridine rings is 1. The second kappa shape index (κ2) is 7.60. The van der Waals surface area contributed by atoms with Crippen LogP contribution in [-0.2, 0) is 0 Å². The molecule has 1 unspecified atom stereocenters. The quantitative estimate of drug-likeness (QED) is 0.276. The van der Waals surface area contributed by atoms with Gasteiger partial charge in [0.1, 0.15) is 11.3 Å². The van der Waals surface area contributed by atoms with Gasteiger partial charge in [0.2, 0.25) is 0 Å². The van der Waals surface area contributed by atoms with Crippen molar-refractivity contribution < 1.29 is 0 Å². The van der Waals surface area contributed by atoms with E-state index in [1.54, 1.807) is 0 Å². The average Bonchev–Trinajstić information content (AvgIpc) is 3.42. The van der Waals surface area contributed by atoms with Gasteiger partial charge in [0.15, 0.2) is 0 Å². The summed E-state index contributed by atoms with van der Waals surface area (Å²) in [6.45, 7) is 0. The number of fused-ring (bicyclic) bond motifs is 5. The fourth-order valence-corrected chi connectivity index (χ4v) is 5.40. The van der Waals surface area contributed by atoms with Gasteiger partial charge in [-0.3, -0.25) is 4.57 Å². The number of hydrogen-bond donors (Lipinski definition) is 0. The minimum absolute atomic E-state index is 0.257. The van der Waals surface area contributed by atoms with Crippen LogP contribution in [0, 0.1) is 0 Å². The Hall–Kier alpha value is -4.37. The Bertz CT molecular complexity index is 1730. The summed E-state index contributed by atoms with van der Waals surface area (Å²) in [5.74, 6) is 0. The molecular formula is C31H23N3. The van der Waals surface area contributed by atoms with Crippen molar-refractivity contribution in [2.45, 2.75) is 12.5 Å². The third-order valence-electron chi connectivity index (χ3n) is 6.87. The highest BCUT2D eigenvalue weighted by Gasteiger charge is 2.24. The zero-order valence-electron chi connectivity index (χ0n) is 18.7. The van der Waals surface area contributed by atoms with E-state index in [-0.39, 0.29) is 6.04 Å². The maximum absolute atomic E-state index is 4.88. The molecule has 7 rings (SSSR count). The van der Waals surface area contributed by atoms with Crippen molar-refractivity contribution in [2.75, 3.05) is 0 Å². The molecule has 0 aliphatic heterocycles. The van der Waals surface area contributed by atoms with Crippen molar-refractivity contribution in [3.63, 3.8) is 0 Å². The number of aromatic nitrogens is 3.